The Morgan fingerprint density at radius 1 is 1.44 bits per heavy atom. The lowest BCUT2D eigenvalue weighted by Crippen LogP contribution is -2.08. The molecule has 0 unspecified atom stereocenters. The van der Waals surface area contributed by atoms with E-state index in [4.69, 9.17) is 5.73 Å². The van der Waals surface area contributed by atoms with Gasteiger partial charge >= 0.3 is 0 Å². The van der Waals surface area contributed by atoms with Crippen molar-refractivity contribution in [2.45, 2.75) is 38.6 Å². The molecule has 104 valence electrons. The molecule has 0 aliphatic rings. The van der Waals surface area contributed by atoms with Crippen molar-refractivity contribution < 1.29 is 8.42 Å². The van der Waals surface area contributed by atoms with Gasteiger partial charge in [-0.2, -0.15) is 5.10 Å². The molecular weight excluding hydrogens is 252 g/mol. The van der Waals surface area contributed by atoms with E-state index in [-0.39, 0.29) is 10.7 Å². The van der Waals surface area contributed by atoms with Gasteiger partial charge < -0.3 is 11.1 Å². The molecule has 3 N–H and O–H groups in total. The van der Waals surface area contributed by atoms with Crippen molar-refractivity contribution in [3.63, 3.8) is 0 Å². The third-order valence-corrected chi connectivity index (χ3v) is 3.72. The number of nitrogen functional groups attached to an aromatic ring is 1. The Kier molecular flexibility index (Phi) is 4.61. The van der Waals surface area contributed by atoms with E-state index in [9.17, 15) is 8.42 Å². The minimum Gasteiger partial charge on any atom is -0.383 e. The predicted octanol–water partition coefficient (Wildman–Crippen LogP) is 1.35. The lowest BCUT2D eigenvalue weighted by atomic mass is 10.1. The molecule has 0 amide bonds. The number of anilines is 2. The maximum absolute atomic E-state index is 11.7. The van der Waals surface area contributed by atoms with Gasteiger partial charge in [0.05, 0.1) is 0 Å². The van der Waals surface area contributed by atoms with E-state index >= 15 is 0 Å². The molecule has 0 atom stereocenters. The van der Waals surface area contributed by atoms with Crippen molar-refractivity contribution in [3.05, 3.63) is 0 Å². The molecule has 0 aliphatic carbocycles. The zero-order chi connectivity index (χ0) is 13.9. The number of rotatable bonds is 6. The Morgan fingerprint density at radius 3 is 2.50 bits per heavy atom. The maximum atomic E-state index is 11.7. The van der Waals surface area contributed by atoms with E-state index in [1.807, 2.05) is 6.92 Å². The Labute approximate surface area is 108 Å². The molecule has 0 aliphatic heterocycles. The second-order valence-corrected chi connectivity index (χ2v) is 6.72. The van der Waals surface area contributed by atoms with E-state index in [0.29, 0.717) is 24.8 Å². The Balaban J connectivity index is 3.16. The number of hydrogen-bond donors (Lipinski definition) is 2. The fourth-order valence-corrected chi connectivity index (χ4v) is 2.61. The van der Waals surface area contributed by atoms with Crippen molar-refractivity contribution in [1.82, 2.24) is 9.78 Å². The number of sulfone groups is 1. The number of aromatic nitrogens is 2. The fraction of sp³-hybridized carbons (Fsp3) is 0.727. The number of hydrogen-bond acceptors (Lipinski definition) is 5. The zero-order valence-corrected chi connectivity index (χ0v) is 12.2. The molecule has 7 heteroatoms. The molecular formula is C11H22N4O2S. The van der Waals surface area contributed by atoms with Gasteiger partial charge in [-0.05, 0) is 19.3 Å². The van der Waals surface area contributed by atoms with Crippen molar-refractivity contribution in [3.8, 4) is 0 Å². The fourth-order valence-electron chi connectivity index (χ4n) is 1.66. The first-order valence-corrected chi connectivity index (χ1v) is 7.96. The monoisotopic (exact) mass is 274 g/mol. The van der Waals surface area contributed by atoms with E-state index < -0.39 is 9.84 Å². The maximum Gasteiger partial charge on any atom is 0.182 e. The molecule has 1 aromatic rings. The van der Waals surface area contributed by atoms with Crippen molar-refractivity contribution in [1.29, 1.82) is 0 Å². The summed E-state index contributed by atoms with van der Waals surface area (Å²) in [7, 11) is -3.37. The summed E-state index contributed by atoms with van der Waals surface area (Å²) in [5.41, 5.74) is 5.89. The zero-order valence-electron chi connectivity index (χ0n) is 11.4. The molecule has 1 rings (SSSR count). The van der Waals surface area contributed by atoms with Crippen LogP contribution in [0, 0.1) is 5.92 Å². The summed E-state index contributed by atoms with van der Waals surface area (Å²) in [6.45, 7) is 7.31. The van der Waals surface area contributed by atoms with E-state index in [0.717, 1.165) is 12.7 Å². The SMILES string of the molecule is CCNc1nn(CCC(C)C)c(N)c1S(C)(=O)=O. The molecule has 0 spiro atoms. The van der Waals surface area contributed by atoms with Crippen LogP contribution < -0.4 is 11.1 Å². The van der Waals surface area contributed by atoms with Gasteiger partial charge in [0.2, 0.25) is 0 Å². The van der Waals surface area contributed by atoms with Gasteiger partial charge in [-0.15, -0.1) is 0 Å². The van der Waals surface area contributed by atoms with Crippen LogP contribution in [0.25, 0.3) is 0 Å². The summed E-state index contributed by atoms with van der Waals surface area (Å²) in [6.07, 6.45) is 2.05. The molecule has 1 heterocycles. The smallest absolute Gasteiger partial charge is 0.182 e. The minimum absolute atomic E-state index is 0.105. The quantitative estimate of drug-likeness (QED) is 0.817. The summed E-state index contributed by atoms with van der Waals surface area (Å²) in [4.78, 5) is 0.105. The lowest BCUT2D eigenvalue weighted by Gasteiger charge is -2.06. The number of aryl methyl sites for hydroxylation is 1. The largest absolute Gasteiger partial charge is 0.383 e. The number of nitrogens with one attached hydrogen (secondary N) is 1. The molecule has 18 heavy (non-hydrogen) atoms. The molecule has 0 aromatic carbocycles. The van der Waals surface area contributed by atoms with Gasteiger partial charge in [-0.3, -0.25) is 0 Å². The van der Waals surface area contributed by atoms with Crippen molar-refractivity contribution >= 4 is 21.5 Å². The molecule has 6 nitrogen and oxygen atoms in total. The average Bonchev–Trinajstić information content (AvgIpc) is 2.52. The Bertz CT molecular complexity index is 505. The third-order valence-electron chi connectivity index (χ3n) is 2.58. The highest BCUT2D eigenvalue weighted by atomic mass is 32.2. The third kappa shape index (κ3) is 3.38. The van der Waals surface area contributed by atoms with Crippen LogP contribution in [-0.4, -0.2) is 31.0 Å². The van der Waals surface area contributed by atoms with Crippen LogP contribution in [0.1, 0.15) is 27.2 Å². The first kappa shape index (κ1) is 14.8. The highest BCUT2D eigenvalue weighted by Crippen LogP contribution is 2.27. The standard InChI is InChI=1S/C11H22N4O2S/c1-5-13-11-9(18(4,16)17)10(12)15(14-11)7-6-8(2)3/h8H,5-7,12H2,1-4H3,(H,13,14). The van der Waals surface area contributed by atoms with Gasteiger partial charge in [0.15, 0.2) is 20.6 Å². The van der Waals surface area contributed by atoms with Gasteiger partial charge in [0.25, 0.3) is 0 Å². The molecule has 0 radical (unpaired) electrons. The highest BCUT2D eigenvalue weighted by molar-refractivity contribution is 7.91. The van der Waals surface area contributed by atoms with Crippen LogP contribution in [0.2, 0.25) is 0 Å². The van der Waals surface area contributed by atoms with Gasteiger partial charge in [-0.25, -0.2) is 13.1 Å². The second kappa shape index (κ2) is 5.60. The molecule has 0 saturated heterocycles. The van der Waals surface area contributed by atoms with Crippen LogP contribution >= 0.6 is 0 Å². The van der Waals surface area contributed by atoms with Crippen molar-refractivity contribution in [2.75, 3.05) is 23.9 Å². The minimum atomic E-state index is -3.37. The van der Waals surface area contributed by atoms with Gasteiger partial charge in [0.1, 0.15) is 5.82 Å². The highest BCUT2D eigenvalue weighted by Gasteiger charge is 2.23. The summed E-state index contributed by atoms with van der Waals surface area (Å²) in [6, 6.07) is 0. The number of nitrogens with two attached hydrogens (primary N) is 1. The van der Waals surface area contributed by atoms with E-state index in [1.54, 1.807) is 4.68 Å². The van der Waals surface area contributed by atoms with Crippen LogP contribution in [-0.2, 0) is 16.4 Å². The summed E-state index contributed by atoms with van der Waals surface area (Å²) < 4.78 is 25.0. The molecule has 0 fully saturated rings. The van der Waals surface area contributed by atoms with E-state index in [1.165, 1.54) is 0 Å². The number of nitrogens with zero attached hydrogens (tertiary/aromatic N) is 2. The normalized spacial score (nSPS) is 12.1. The molecule has 0 bridgehead atoms. The van der Waals surface area contributed by atoms with Crippen LogP contribution in [0.5, 0.6) is 0 Å². The van der Waals surface area contributed by atoms with Crippen LogP contribution in [0.4, 0.5) is 11.6 Å². The Morgan fingerprint density at radius 2 is 2.06 bits per heavy atom. The van der Waals surface area contributed by atoms with Gasteiger partial charge in [-0.1, -0.05) is 13.8 Å². The van der Waals surface area contributed by atoms with Crippen molar-refractivity contribution in [2.24, 2.45) is 5.92 Å². The average molecular weight is 274 g/mol. The molecule has 0 saturated carbocycles. The lowest BCUT2D eigenvalue weighted by molar-refractivity contribution is 0.491. The predicted molar refractivity (Wildman–Crippen MR) is 73.4 cm³/mol. The topological polar surface area (TPSA) is 90.0 Å². The van der Waals surface area contributed by atoms with E-state index in [2.05, 4.69) is 24.3 Å². The van der Waals surface area contributed by atoms with Crippen LogP contribution in [0.3, 0.4) is 0 Å². The summed E-state index contributed by atoms with van der Waals surface area (Å²) >= 11 is 0. The summed E-state index contributed by atoms with van der Waals surface area (Å²) in [5, 5.41) is 7.18. The first-order chi connectivity index (χ1) is 8.27. The Hall–Kier alpha value is -1.24. The summed E-state index contributed by atoms with van der Waals surface area (Å²) in [5.74, 6) is 1.08. The van der Waals surface area contributed by atoms with Crippen LogP contribution in [0.15, 0.2) is 4.90 Å². The van der Waals surface area contributed by atoms with Gasteiger partial charge in [0, 0.05) is 19.3 Å². The second-order valence-electron chi connectivity index (χ2n) is 4.77. The molecule has 1 aromatic heterocycles. The first-order valence-electron chi connectivity index (χ1n) is 6.07.